The van der Waals surface area contributed by atoms with Gasteiger partial charge in [0.25, 0.3) is 11.8 Å². The fourth-order valence-electron chi connectivity index (χ4n) is 4.23. The van der Waals surface area contributed by atoms with E-state index in [2.05, 4.69) is 16.0 Å². The average Bonchev–Trinajstić information content (AvgIpc) is 2.93. The summed E-state index contributed by atoms with van der Waals surface area (Å²) in [4.78, 5) is 25.7. The van der Waals surface area contributed by atoms with Crippen LogP contribution in [0, 0.1) is 0 Å². The summed E-state index contributed by atoms with van der Waals surface area (Å²) in [6.07, 6.45) is 5.38. The number of hydrogen-bond donors (Lipinski definition) is 3. The molecule has 3 aromatic rings. The lowest BCUT2D eigenvalue weighted by molar-refractivity contribution is 0.0926. The zero-order chi connectivity index (χ0) is 26.7. The van der Waals surface area contributed by atoms with Crippen LogP contribution in [-0.2, 0) is 0 Å². The molecule has 198 valence electrons. The van der Waals surface area contributed by atoms with Crippen molar-refractivity contribution in [3.05, 3.63) is 88.9 Å². The zero-order valence-corrected chi connectivity index (χ0v) is 22.4. The topological polar surface area (TPSA) is 88.7 Å². The second-order valence-corrected chi connectivity index (χ2v) is 9.73. The minimum absolute atomic E-state index is 0.0816. The van der Waals surface area contributed by atoms with Crippen molar-refractivity contribution in [3.63, 3.8) is 0 Å². The molecule has 1 aliphatic carbocycles. The third-order valence-electron chi connectivity index (χ3n) is 6.12. The van der Waals surface area contributed by atoms with Crippen LogP contribution in [0.25, 0.3) is 0 Å². The van der Waals surface area contributed by atoms with E-state index in [4.69, 9.17) is 33.3 Å². The summed E-state index contributed by atoms with van der Waals surface area (Å²) in [7, 11) is 0. The van der Waals surface area contributed by atoms with Crippen LogP contribution in [0.3, 0.4) is 0 Å². The number of nitrogens with one attached hydrogen (secondary N) is 3. The van der Waals surface area contributed by atoms with E-state index in [-0.39, 0.29) is 23.7 Å². The minimum Gasteiger partial charge on any atom is -0.490 e. The molecule has 3 aromatic carbocycles. The molecule has 0 heterocycles. The quantitative estimate of drug-likeness (QED) is 0.224. The summed E-state index contributed by atoms with van der Waals surface area (Å²) < 4.78 is 11.4. The lowest BCUT2D eigenvalue weighted by Gasteiger charge is -2.23. The number of benzene rings is 3. The van der Waals surface area contributed by atoms with Crippen molar-refractivity contribution < 1.29 is 19.1 Å². The number of hydrogen-bond acceptors (Lipinski definition) is 5. The molecule has 1 saturated carbocycles. The van der Waals surface area contributed by atoms with Crippen molar-refractivity contribution in [3.8, 4) is 11.5 Å². The summed E-state index contributed by atoms with van der Waals surface area (Å²) in [5.41, 5.74) is 1.23. The Hall–Kier alpha value is -3.62. The highest BCUT2D eigenvalue weighted by Gasteiger charge is 2.19. The Morgan fingerprint density at radius 2 is 1.55 bits per heavy atom. The molecule has 0 unspecified atom stereocenters. The SMILES string of the molecule is O=C(NC1CCCCC1)c1cc(NC(=S)NC(=O)c2ccccc2OCCOc2ccccc2)ccc1Cl. The van der Waals surface area contributed by atoms with E-state index in [1.54, 1.807) is 42.5 Å². The highest BCUT2D eigenvalue weighted by Crippen LogP contribution is 2.23. The van der Waals surface area contributed by atoms with E-state index in [1.807, 2.05) is 30.3 Å². The molecule has 0 saturated heterocycles. The molecule has 7 nitrogen and oxygen atoms in total. The number of amides is 2. The van der Waals surface area contributed by atoms with Crippen molar-refractivity contribution in [1.82, 2.24) is 10.6 Å². The van der Waals surface area contributed by atoms with Crippen molar-refractivity contribution in [2.24, 2.45) is 0 Å². The second kappa shape index (κ2) is 13.8. The van der Waals surface area contributed by atoms with Crippen LogP contribution in [-0.4, -0.2) is 36.2 Å². The Labute approximate surface area is 232 Å². The van der Waals surface area contributed by atoms with Gasteiger partial charge in [-0.1, -0.05) is 61.2 Å². The van der Waals surface area contributed by atoms with Gasteiger partial charge in [-0.05, 0) is 67.5 Å². The number of para-hydroxylation sites is 2. The molecule has 38 heavy (non-hydrogen) atoms. The summed E-state index contributed by atoms with van der Waals surface area (Å²) in [6, 6.07) is 21.4. The van der Waals surface area contributed by atoms with Gasteiger partial charge in [0.2, 0.25) is 0 Å². The third kappa shape index (κ3) is 7.94. The number of anilines is 1. The summed E-state index contributed by atoms with van der Waals surface area (Å²) in [6.45, 7) is 0.589. The van der Waals surface area contributed by atoms with Crippen molar-refractivity contribution >= 4 is 46.4 Å². The van der Waals surface area contributed by atoms with Crippen molar-refractivity contribution in [2.75, 3.05) is 18.5 Å². The van der Waals surface area contributed by atoms with Gasteiger partial charge in [0, 0.05) is 11.7 Å². The van der Waals surface area contributed by atoms with Gasteiger partial charge in [0.1, 0.15) is 24.7 Å². The number of carbonyl (C=O) groups excluding carboxylic acids is 2. The number of rotatable bonds is 9. The molecule has 0 aromatic heterocycles. The first-order chi connectivity index (χ1) is 18.5. The molecule has 1 aliphatic rings. The highest BCUT2D eigenvalue weighted by atomic mass is 35.5. The lowest BCUT2D eigenvalue weighted by atomic mass is 9.95. The Kier molecular flexibility index (Phi) is 9.95. The molecular formula is C29H30ClN3O4S. The fourth-order valence-corrected chi connectivity index (χ4v) is 4.64. The maximum Gasteiger partial charge on any atom is 0.261 e. The number of ether oxygens (including phenoxy) is 2. The van der Waals surface area contributed by atoms with Gasteiger partial charge in [-0.25, -0.2) is 0 Å². The molecule has 0 atom stereocenters. The van der Waals surface area contributed by atoms with E-state index >= 15 is 0 Å². The van der Waals surface area contributed by atoms with Crippen LogP contribution in [0.2, 0.25) is 5.02 Å². The van der Waals surface area contributed by atoms with E-state index in [9.17, 15) is 9.59 Å². The van der Waals surface area contributed by atoms with Crippen molar-refractivity contribution in [2.45, 2.75) is 38.1 Å². The Bertz CT molecular complexity index is 1270. The van der Waals surface area contributed by atoms with Crippen LogP contribution in [0.1, 0.15) is 52.8 Å². The molecule has 0 aliphatic heterocycles. The first-order valence-electron chi connectivity index (χ1n) is 12.6. The maximum atomic E-state index is 12.9. The highest BCUT2D eigenvalue weighted by molar-refractivity contribution is 7.80. The largest absolute Gasteiger partial charge is 0.490 e. The number of carbonyl (C=O) groups is 2. The molecule has 4 rings (SSSR count). The van der Waals surface area contributed by atoms with E-state index in [1.165, 1.54) is 6.42 Å². The van der Waals surface area contributed by atoms with Gasteiger partial charge < -0.3 is 20.1 Å². The predicted molar refractivity (Wildman–Crippen MR) is 153 cm³/mol. The van der Waals surface area contributed by atoms with Gasteiger partial charge in [-0.2, -0.15) is 0 Å². The molecule has 0 radical (unpaired) electrons. The van der Waals surface area contributed by atoms with E-state index < -0.39 is 5.91 Å². The van der Waals surface area contributed by atoms with E-state index in [0.29, 0.717) is 34.2 Å². The van der Waals surface area contributed by atoms with Crippen LogP contribution >= 0.6 is 23.8 Å². The first-order valence-corrected chi connectivity index (χ1v) is 13.4. The summed E-state index contributed by atoms with van der Waals surface area (Å²) >= 11 is 11.7. The minimum atomic E-state index is -0.425. The molecule has 0 spiro atoms. The van der Waals surface area contributed by atoms with Crippen LogP contribution in [0.15, 0.2) is 72.8 Å². The van der Waals surface area contributed by atoms with Gasteiger partial charge in [0.05, 0.1) is 16.1 Å². The van der Waals surface area contributed by atoms with Gasteiger partial charge in [-0.15, -0.1) is 0 Å². The number of thiocarbonyl (C=S) groups is 1. The Morgan fingerprint density at radius 1 is 0.842 bits per heavy atom. The average molecular weight is 552 g/mol. The molecular weight excluding hydrogens is 522 g/mol. The van der Waals surface area contributed by atoms with Gasteiger partial charge >= 0.3 is 0 Å². The second-order valence-electron chi connectivity index (χ2n) is 8.92. The third-order valence-corrected chi connectivity index (χ3v) is 6.65. The number of halogens is 1. The van der Waals surface area contributed by atoms with Crippen molar-refractivity contribution in [1.29, 1.82) is 0 Å². The molecule has 1 fully saturated rings. The fraction of sp³-hybridized carbons (Fsp3) is 0.276. The van der Waals surface area contributed by atoms with Crippen LogP contribution in [0.4, 0.5) is 5.69 Å². The van der Waals surface area contributed by atoms with Gasteiger partial charge in [-0.3, -0.25) is 14.9 Å². The summed E-state index contributed by atoms with van der Waals surface area (Å²) in [5, 5.41) is 9.13. The monoisotopic (exact) mass is 551 g/mol. The summed E-state index contributed by atoms with van der Waals surface area (Å²) in [5.74, 6) is 0.516. The molecule has 2 amide bonds. The lowest BCUT2D eigenvalue weighted by Crippen LogP contribution is -2.36. The Morgan fingerprint density at radius 3 is 2.34 bits per heavy atom. The first kappa shape index (κ1) is 27.4. The van der Waals surface area contributed by atoms with Crippen LogP contribution in [0.5, 0.6) is 11.5 Å². The molecule has 9 heteroatoms. The van der Waals surface area contributed by atoms with E-state index in [0.717, 1.165) is 31.4 Å². The smallest absolute Gasteiger partial charge is 0.261 e. The predicted octanol–water partition coefficient (Wildman–Crippen LogP) is 5.99. The maximum absolute atomic E-state index is 12.9. The standard InChI is InChI=1S/C29H30ClN3O4S/c30-25-16-15-21(19-24(25)28(35)31-20-9-3-1-4-10-20)32-29(38)33-27(34)23-13-7-8-14-26(23)37-18-17-36-22-11-5-2-6-12-22/h2,5-8,11-16,19-20H,1,3-4,9-10,17-18H2,(H,31,35)(H2,32,33,34,38). The Balaban J connectivity index is 1.31. The molecule has 0 bridgehead atoms. The zero-order valence-electron chi connectivity index (χ0n) is 20.9. The molecule has 3 N–H and O–H groups in total. The van der Waals surface area contributed by atoms with Crippen LogP contribution < -0.4 is 25.4 Å². The normalized spacial score (nSPS) is 13.3. The van der Waals surface area contributed by atoms with Gasteiger partial charge in [0.15, 0.2) is 5.11 Å².